The Balaban J connectivity index is 1.55. The number of fused-ring (bicyclic) bond motifs is 1. The van der Waals surface area contributed by atoms with E-state index < -0.39 is 16.6 Å². The number of pyridine rings is 1. The Morgan fingerprint density at radius 2 is 2.22 bits per heavy atom. The van der Waals surface area contributed by atoms with Crippen LogP contribution in [0.5, 0.6) is 0 Å². The summed E-state index contributed by atoms with van der Waals surface area (Å²) in [6, 6.07) is 6.73. The lowest BCUT2D eigenvalue weighted by Crippen LogP contribution is -2.53. The Hall–Kier alpha value is -1.62. The molecule has 3 aromatic heterocycles. The van der Waals surface area contributed by atoms with Crippen LogP contribution in [0.2, 0.25) is 4.34 Å². The van der Waals surface area contributed by atoms with Crippen molar-refractivity contribution in [2.24, 2.45) is 5.73 Å². The SMILES string of the molecule is NC1CS(O)(O)CCC1NC(=O)c1cc(-c2cnn3ccccc23)c(Cl)s1. The molecule has 1 aliphatic heterocycles. The first-order valence-corrected chi connectivity index (χ1v) is 11.4. The van der Waals surface area contributed by atoms with Gasteiger partial charge >= 0.3 is 0 Å². The van der Waals surface area contributed by atoms with E-state index in [1.54, 1.807) is 16.8 Å². The molecule has 0 saturated carbocycles. The molecule has 7 nitrogen and oxygen atoms in total. The maximum atomic E-state index is 12.7. The molecule has 2 atom stereocenters. The molecule has 3 aromatic rings. The molecule has 0 spiro atoms. The van der Waals surface area contributed by atoms with E-state index in [9.17, 15) is 13.9 Å². The van der Waals surface area contributed by atoms with Crippen LogP contribution in [-0.4, -0.2) is 48.2 Å². The molecule has 4 rings (SSSR count). The third-order valence-electron chi connectivity index (χ3n) is 4.68. The van der Waals surface area contributed by atoms with Crippen LogP contribution in [0.3, 0.4) is 0 Å². The fourth-order valence-corrected chi connectivity index (χ4v) is 6.12. The van der Waals surface area contributed by atoms with Gasteiger partial charge in [0.05, 0.1) is 22.3 Å². The molecule has 0 radical (unpaired) electrons. The van der Waals surface area contributed by atoms with E-state index >= 15 is 0 Å². The van der Waals surface area contributed by atoms with Gasteiger partial charge in [-0.25, -0.2) is 4.52 Å². The first kappa shape index (κ1) is 18.7. The highest BCUT2D eigenvalue weighted by Crippen LogP contribution is 2.43. The first-order valence-electron chi connectivity index (χ1n) is 8.36. The summed E-state index contributed by atoms with van der Waals surface area (Å²) in [5.41, 5.74) is 8.53. The predicted octanol–water partition coefficient (Wildman–Crippen LogP) is 3.30. The maximum absolute atomic E-state index is 12.7. The summed E-state index contributed by atoms with van der Waals surface area (Å²) in [5.74, 6) is 0.102. The van der Waals surface area contributed by atoms with Gasteiger partial charge in [-0.05, 0) is 24.6 Å². The van der Waals surface area contributed by atoms with E-state index in [-0.39, 0.29) is 23.5 Å². The Kier molecular flexibility index (Phi) is 4.91. The van der Waals surface area contributed by atoms with Crippen molar-refractivity contribution in [1.29, 1.82) is 0 Å². The van der Waals surface area contributed by atoms with Crippen LogP contribution >= 0.6 is 33.5 Å². The Labute approximate surface area is 166 Å². The normalized spacial score (nSPS) is 23.3. The first-order chi connectivity index (χ1) is 12.8. The largest absolute Gasteiger partial charge is 0.347 e. The van der Waals surface area contributed by atoms with Crippen LogP contribution in [0.25, 0.3) is 16.6 Å². The predicted molar refractivity (Wildman–Crippen MR) is 110 cm³/mol. The number of nitrogens with one attached hydrogen (secondary N) is 1. The molecule has 5 N–H and O–H groups in total. The lowest BCUT2D eigenvalue weighted by molar-refractivity contribution is 0.0933. The Morgan fingerprint density at radius 1 is 1.41 bits per heavy atom. The van der Waals surface area contributed by atoms with Gasteiger partial charge in [0.25, 0.3) is 5.91 Å². The number of hydrogen-bond acceptors (Lipinski definition) is 6. The zero-order valence-electron chi connectivity index (χ0n) is 14.2. The van der Waals surface area contributed by atoms with Gasteiger partial charge in [0.15, 0.2) is 0 Å². The molecule has 1 fully saturated rings. The van der Waals surface area contributed by atoms with Gasteiger partial charge in [0.2, 0.25) is 0 Å². The van der Waals surface area contributed by atoms with E-state index in [4.69, 9.17) is 17.3 Å². The Morgan fingerprint density at radius 3 is 3.00 bits per heavy atom. The number of carbonyl (C=O) groups is 1. The second-order valence-corrected chi connectivity index (χ2v) is 10.6. The van der Waals surface area contributed by atoms with Crippen molar-refractivity contribution in [2.75, 3.05) is 11.5 Å². The van der Waals surface area contributed by atoms with Gasteiger partial charge in [-0.1, -0.05) is 17.7 Å². The number of aromatic nitrogens is 2. The van der Waals surface area contributed by atoms with Gasteiger partial charge in [0.1, 0.15) is 4.34 Å². The summed E-state index contributed by atoms with van der Waals surface area (Å²) >= 11 is 7.60. The second kappa shape index (κ2) is 7.08. The zero-order valence-corrected chi connectivity index (χ0v) is 16.6. The van der Waals surface area contributed by atoms with Gasteiger partial charge in [0, 0.05) is 35.2 Å². The van der Waals surface area contributed by atoms with E-state index in [2.05, 4.69) is 10.4 Å². The minimum Gasteiger partial charge on any atom is -0.347 e. The van der Waals surface area contributed by atoms with Crippen molar-refractivity contribution in [3.05, 3.63) is 45.9 Å². The summed E-state index contributed by atoms with van der Waals surface area (Å²) in [4.78, 5) is 13.1. The molecule has 1 aliphatic rings. The van der Waals surface area contributed by atoms with Crippen LogP contribution < -0.4 is 11.1 Å². The van der Waals surface area contributed by atoms with Crippen molar-refractivity contribution in [1.82, 2.24) is 14.9 Å². The monoisotopic (exact) mass is 426 g/mol. The molecule has 0 bridgehead atoms. The molecule has 1 saturated heterocycles. The van der Waals surface area contributed by atoms with Crippen molar-refractivity contribution < 1.29 is 13.9 Å². The summed E-state index contributed by atoms with van der Waals surface area (Å²) in [6.45, 7) is 0. The fourth-order valence-electron chi connectivity index (χ4n) is 3.26. The smallest absolute Gasteiger partial charge is 0.261 e. The lowest BCUT2D eigenvalue weighted by Gasteiger charge is -2.42. The number of rotatable bonds is 3. The number of carbonyl (C=O) groups excluding carboxylic acids is 1. The maximum Gasteiger partial charge on any atom is 0.261 e. The second-order valence-electron chi connectivity index (χ2n) is 6.59. The van der Waals surface area contributed by atoms with Crippen molar-refractivity contribution >= 4 is 45.0 Å². The zero-order chi connectivity index (χ0) is 19.2. The highest BCUT2D eigenvalue weighted by atomic mass is 35.5. The van der Waals surface area contributed by atoms with Gasteiger partial charge < -0.3 is 11.1 Å². The minimum absolute atomic E-state index is 0.108. The number of hydrogen-bond donors (Lipinski definition) is 4. The third kappa shape index (κ3) is 3.71. The van der Waals surface area contributed by atoms with Crippen LogP contribution in [0.1, 0.15) is 16.1 Å². The summed E-state index contributed by atoms with van der Waals surface area (Å²) in [5, 5.41) is 7.21. The van der Waals surface area contributed by atoms with Crippen LogP contribution in [-0.2, 0) is 0 Å². The number of nitrogens with two attached hydrogens (primary N) is 1. The number of amides is 1. The van der Waals surface area contributed by atoms with Crippen LogP contribution in [0, 0.1) is 0 Å². The minimum atomic E-state index is -2.62. The molecule has 0 aliphatic carbocycles. The fraction of sp³-hybridized carbons (Fsp3) is 0.294. The Bertz CT molecular complexity index is 1000. The molecule has 10 heteroatoms. The van der Waals surface area contributed by atoms with E-state index in [1.807, 2.05) is 24.4 Å². The molecule has 144 valence electrons. The number of nitrogens with zero attached hydrogens (tertiary/aromatic N) is 2. The third-order valence-corrected chi connectivity index (χ3v) is 7.84. The topological polar surface area (TPSA) is 113 Å². The highest BCUT2D eigenvalue weighted by Gasteiger charge is 2.32. The van der Waals surface area contributed by atoms with Crippen molar-refractivity contribution in [3.63, 3.8) is 0 Å². The van der Waals surface area contributed by atoms with Gasteiger partial charge in [-0.15, -0.1) is 11.3 Å². The quantitative estimate of drug-likeness (QED) is 0.513. The molecular weight excluding hydrogens is 408 g/mol. The standard InChI is InChI=1S/C17H19ClN4O3S2/c18-16-10(11-8-20-22-5-2-1-3-14(11)22)7-15(26-16)17(23)21-13-4-6-27(24,25)9-12(13)19/h1-3,5,7-8,12-13,24-25H,4,6,9,19H2,(H,21,23). The number of halogens is 1. The van der Waals surface area contributed by atoms with Crippen LogP contribution in [0.4, 0.5) is 0 Å². The van der Waals surface area contributed by atoms with Crippen molar-refractivity contribution in [3.8, 4) is 11.1 Å². The van der Waals surface area contributed by atoms with E-state index in [1.165, 1.54) is 11.3 Å². The lowest BCUT2D eigenvalue weighted by atomic mass is 10.1. The molecule has 1 amide bonds. The summed E-state index contributed by atoms with van der Waals surface area (Å²) in [7, 11) is -2.62. The van der Waals surface area contributed by atoms with E-state index in [0.29, 0.717) is 15.6 Å². The summed E-state index contributed by atoms with van der Waals surface area (Å²) < 4.78 is 21.8. The average Bonchev–Trinajstić information content (AvgIpc) is 3.20. The average molecular weight is 427 g/mol. The van der Waals surface area contributed by atoms with Gasteiger partial charge in [-0.3, -0.25) is 13.9 Å². The molecule has 4 heterocycles. The molecule has 27 heavy (non-hydrogen) atoms. The molecular formula is C17H19ClN4O3S2. The highest BCUT2D eigenvalue weighted by molar-refractivity contribution is 8.24. The number of thiophene rings is 1. The van der Waals surface area contributed by atoms with Gasteiger partial charge in [-0.2, -0.15) is 15.7 Å². The molecule has 2 unspecified atom stereocenters. The molecule has 0 aromatic carbocycles. The van der Waals surface area contributed by atoms with Crippen molar-refractivity contribution in [2.45, 2.75) is 18.5 Å². The van der Waals surface area contributed by atoms with E-state index in [0.717, 1.165) is 16.6 Å². The van der Waals surface area contributed by atoms with Crippen LogP contribution in [0.15, 0.2) is 36.7 Å². The summed E-state index contributed by atoms with van der Waals surface area (Å²) in [6.07, 6.45) is 4.02.